The van der Waals surface area contributed by atoms with Crippen LogP contribution in [0.2, 0.25) is 0 Å². The van der Waals surface area contributed by atoms with Gasteiger partial charge >= 0.3 is 0 Å². The Labute approximate surface area is 117 Å². The Morgan fingerprint density at radius 3 is 2.79 bits per heavy atom. The molecule has 0 aromatic carbocycles. The number of oxime groups is 1. The molecular weight excluding hydrogens is 264 g/mol. The van der Waals surface area contributed by atoms with Gasteiger partial charge in [0.1, 0.15) is 17.5 Å². The maximum Gasteiger partial charge on any atom is 0.149 e. The van der Waals surface area contributed by atoms with Crippen molar-refractivity contribution in [2.75, 3.05) is 0 Å². The number of hydrogen-bond acceptors (Lipinski definition) is 4. The second-order valence-corrected chi connectivity index (χ2v) is 4.04. The molecule has 0 aliphatic heterocycles. The second-order valence-electron chi connectivity index (χ2n) is 3.61. The van der Waals surface area contributed by atoms with E-state index in [-0.39, 0.29) is 5.17 Å². The van der Waals surface area contributed by atoms with Gasteiger partial charge in [0.2, 0.25) is 0 Å². The Kier molecular flexibility index (Phi) is 6.39. The van der Waals surface area contributed by atoms with Crippen molar-refractivity contribution in [3.05, 3.63) is 66.7 Å². The first-order valence-electron chi connectivity index (χ1n) is 5.57. The van der Waals surface area contributed by atoms with Crippen molar-refractivity contribution in [2.45, 2.75) is 13.0 Å². The molecule has 0 unspecified atom stereocenters. The molecule has 1 N–H and O–H groups in total. The molecule has 0 bridgehead atoms. The molecule has 1 rings (SSSR count). The van der Waals surface area contributed by atoms with Crippen LogP contribution in [0.4, 0.5) is 0 Å². The number of halogens is 1. The molecule has 5 heteroatoms. The van der Waals surface area contributed by atoms with Gasteiger partial charge < -0.3 is 9.94 Å². The molecule has 0 spiro atoms. The van der Waals surface area contributed by atoms with Gasteiger partial charge in [-0.05, 0) is 23.8 Å². The van der Waals surface area contributed by atoms with Gasteiger partial charge in [-0.2, -0.15) is 0 Å². The second kappa shape index (κ2) is 8.11. The standard InChI is InChI=1S/C14H15ClN2O2/c1-3-5-13(4-2)19-10-12-7-6-11(9-16-12)8-14(15)17-18/h3-7,9,18H,1-2,8,10H2/b13-5+,17-14-. The summed E-state index contributed by atoms with van der Waals surface area (Å²) < 4.78 is 5.48. The largest absolute Gasteiger partial charge is 0.487 e. The highest BCUT2D eigenvalue weighted by Gasteiger charge is 2.01. The molecule has 4 nitrogen and oxygen atoms in total. The van der Waals surface area contributed by atoms with E-state index < -0.39 is 0 Å². The van der Waals surface area contributed by atoms with Crippen molar-refractivity contribution in [3.63, 3.8) is 0 Å². The first kappa shape index (κ1) is 15.0. The predicted molar refractivity (Wildman–Crippen MR) is 76.3 cm³/mol. The summed E-state index contributed by atoms with van der Waals surface area (Å²) in [6, 6.07) is 3.68. The molecule has 1 aromatic heterocycles. The number of nitrogens with zero attached hydrogens (tertiary/aromatic N) is 2. The molecule has 0 aliphatic rings. The zero-order valence-corrected chi connectivity index (χ0v) is 11.2. The van der Waals surface area contributed by atoms with E-state index in [2.05, 4.69) is 23.3 Å². The van der Waals surface area contributed by atoms with Crippen molar-refractivity contribution in [3.8, 4) is 0 Å². The van der Waals surface area contributed by atoms with E-state index in [9.17, 15) is 0 Å². The highest BCUT2D eigenvalue weighted by Crippen LogP contribution is 2.08. The number of hydrogen-bond donors (Lipinski definition) is 1. The van der Waals surface area contributed by atoms with Crippen LogP contribution >= 0.6 is 11.6 Å². The highest BCUT2D eigenvalue weighted by atomic mass is 35.5. The van der Waals surface area contributed by atoms with Crippen LogP contribution in [0.1, 0.15) is 11.3 Å². The summed E-state index contributed by atoms with van der Waals surface area (Å²) >= 11 is 5.62. The molecule has 19 heavy (non-hydrogen) atoms. The number of aromatic nitrogens is 1. The van der Waals surface area contributed by atoms with Gasteiger partial charge in [-0.25, -0.2) is 0 Å². The molecule has 0 radical (unpaired) electrons. The average molecular weight is 279 g/mol. The molecule has 100 valence electrons. The van der Waals surface area contributed by atoms with Crippen molar-refractivity contribution in [1.29, 1.82) is 0 Å². The fourth-order valence-corrected chi connectivity index (χ4v) is 1.45. The highest BCUT2D eigenvalue weighted by molar-refractivity contribution is 6.65. The normalized spacial score (nSPS) is 12.1. The third-order valence-corrected chi connectivity index (χ3v) is 2.42. The number of pyridine rings is 1. The number of rotatable bonds is 7. The summed E-state index contributed by atoms with van der Waals surface area (Å²) in [6.45, 7) is 7.56. The van der Waals surface area contributed by atoms with E-state index in [4.69, 9.17) is 21.5 Å². The molecule has 1 aromatic rings. The van der Waals surface area contributed by atoms with Crippen LogP contribution in [-0.4, -0.2) is 15.4 Å². The van der Waals surface area contributed by atoms with Crippen LogP contribution in [0, 0.1) is 0 Å². The van der Waals surface area contributed by atoms with E-state index in [0.717, 1.165) is 11.3 Å². The van der Waals surface area contributed by atoms with E-state index in [1.165, 1.54) is 0 Å². The van der Waals surface area contributed by atoms with E-state index in [1.807, 2.05) is 12.1 Å². The SMILES string of the molecule is C=C/C=C(\C=C)OCc1ccc(C/C(Cl)=N/O)cn1. The quantitative estimate of drug-likeness (QED) is 0.273. The van der Waals surface area contributed by atoms with Crippen LogP contribution in [0.3, 0.4) is 0 Å². The fraction of sp³-hybridized carbons (Fsp3) is 0.143. The van der Waals surface area contributed by atoms with Crippen molar-refractivity contribution in [2.24, 2.45) is 5.16 Å². The lowest BCUT2D eigenvalue weighted by atomic mass is 10.2. The van der Waals surface area contributed by atoms with Gasteiger partial charge in [-0.1, -0.05) is 42.1 Å². The lowest BCUT2D eigenvalue weighted by Crippen LogP contribution is -1.98. The smallest absolute Gasteiger partial charge is 0.149 e. The Morgan fingerprint density at radius 1 is 1.47 bits per heavy atom. The van der Waals surface area contributed by atoms with Gasteiger partial charge in [-0.15, -0.1) is 0 Å². The summed E-state index contributed by atoms with van der Waals surface area (Å²) in [4.78, 5) is 4.22. The minimum Gasteiger partial charge on any atom is -0.487 e. The Hall–Kier alpha value is -2.07. The molecule has 0 fully saturated rings. The van der Waals surface area contributed by atoms with Gasteiger partial charge in [0.25, 0.3) is 0 Å². The van der Waals surface area contributed by atoms with E-state index >= 15 is 0 Å². The predicted octanol–water partition coefficient (Wildman–Crippen LogP) is 3.42. The van der Waals surface area contributed by atoms with Crippen LogP contribution < -0.4 is 0 Å². The Bertz CT molecular complexity index is 493. The van der Waals surface area contributed by atoms with Gasteiger partial charge in [0.05, 0.1) is 5.69 Å². The Morgan fingerprint density at radius 2 is 2.26 bits per heavy atom. The van der Waals surface area contributed by atoms with Crippen LogP contribution in [0.5, 0.6) is 0 Å². The van der Waals surface area contributed by atoms with Crippen molar-refractivity contribution < 1.29 is 9.94 Å². The lowest BCUT2D eigenvalue weighted by molar-refractivity contribution is 0.207. The molecular formula is C14H15ClN2O2. The van der Waals surface area contributed by atoms with Gasteiger partial charge in [0.15, 0.2) is 0 Å². The zero-order valence-electron chi connectivity index (χ0n) is 10.4. The number of allylic oxidation sites excluding steroid dienone is 3. The Balaban J connectivity index is 2.59. The van der Waals surface area contributed by atoms with Crippen LogP contribution in [0.25, 0.3) is 0 Å². The summed E-state index contributed by atoms with van der Waals surface area (Å²) in [5, 5.41) is 11.5. The third-order valence-electron chi connectivity index (χ3n) is 2.21. The zero-order chi connectivity index (χ0) is 14.1. The maximum atomic E-state index is 8.47. The topological polar surface area (TPSA) is 54.7 Å². The van der Waals surface area contributed by atoms with E-state index in [0.29, 0.717) is 18.8 Å². The first-order valence-corrected chi connectivity index (χ1v) is 5.95. The van der Waals surface area contributed by atoms with E-state index in [1.54, 1.807) is 24.4 Å². The molecule has 1 heterocycles. The van der Waals surface area contributed by atoms with Gasteiger partial charge in [-0.3, -0.25) is 4.98 Å². The van der Waals surface area contributed by atoms with Crippen molar-refractivity contribution >= 4 is 16.8 Å². The summed E-state index contributed by atoms with van der Waals surface area (Å²) in [5.74, 6) is 0.635. The molecule has 0 saturated heterocycles. The van der Waals surface area contributed by atoms with Crippen molar-refractivity contribution in [1.82, 2.24) is 4.98 Å². The minimum absolute atomic E-state index is 0.119. The molecule has 0 aliphatic carbocycles. The minimum atomic E-state index is 0.119. The summed E-state index contributed by atoms with van der Waals surface area (Å²) in [5.41, 5.74) is 1.63. The molecule has 0 amide bonds. The fourth-order valence-electron chi connectivity index (χ4n) is 1.30. The first-order chi connectivity index (χ1) is 9.19. The monoisotopic (exact) mass is 278 g/mol. The maximum absolute atomic E-state index is 8.47. The third kappa shape index (κ3) is 5.40. The summed E-state index contributed by atoms with van der Waals surface area (Å²) in [7, 11) is 0. The summed E-state index contributed by atoms with van der Waals surface area (Å²) in [6.07, 6.45) is 6.97. The van der Waals surface area contributed by atoms with Crippen LogP contribution in [0.15, 0.2) is 60.6 Å². The molecule has 0 atom stereocenters. The number of ether oxygens (including phenoxy) is 1. The average Bonchev–Trinajstić information content (AvgIpc) is 2.44. The molecule has 0 saturated carbocycles. The lowest BCUT2D eigenvalue weighted by Gasteiger charge is -2.06. The van der Waals surface area contributed by atoms with Gasteiger partial charge in [0, 0.05) is 12.6 Å². The van der Waals surface area contributed by atoms with Crippen LogP contribution in [-0.2, 0) is 17.8 Å².